The number of carboxylic acid groups (broad SMARTS) is 1. The summed E-state index contributed by atoms with van der Waals surface area (Å²) in [6, 6.07) is 4.49. The molecule has 0 spiro atoms. The minimum absolute atomic E-state index is 0.150. The van der Waals surface area contributed by atoms with Crippen LogP contribution in [0.4, 0.5) is 15.9 Å². The molecule has 0 aliphatic carbocycles. The van der Waals surface area contributed by atoms with Crippen LogP contribution in [0.2, 0.25) is 0 Å². The van der Waals surface area contributed by atoms with Crippen LogP contribution in [0.15, 0.2) is 35.1 Å². The molecule has 18 heavy (non-hydrogen) atoms. The number of nitrogens with one attached hydrogen (secondary N) is 1. The van der Waals surface area contributed by atoms with E-state index in [0.29, 0.717) is 16.0 Å². The molecule has 0 saturated heterocycles. The zero-order chi connectivity index (χ0) is 13.1. The van der Waals surface area contributed by atoms with E-state index in [1.807, 2.05) is 0 Å². The Bertz CT molecular complexity index is 589. The Labute approximate surface area is 110 Å². The van der Waals surface area contributed by atoms with Crippen molar-refractivity contribution < 1.29 is 14.3 Å². The molecule has 1 aromatic carbocycles. The lowest BCUT2D eigenvalue weighted by Crippen LogP contribution is -2.02. The predicted octanol–water partition coefficient (Wildman–Crippen LogP) is 2.82. The van der Waals surface area contributed by atoms with Gasteiger partial charge in [-0.2, -0.15) is 0 Å². The average molecular weight is 312 g/mol. The minimum atomic E-state index is -1.15. The number of rotatable bonds is 3. The van der Waals surface area contributed by atoms with Crippen molar-refractivity contribution >= 4 is 33.4 Å². The van der Waals surface area contributed by atoms with Crippen LogP contribution >= 0.6 is 15.9 Å². The largest absolute Gasteiger partial charge is 0.476 e. The summed E-state index contributed by atoms with van der Waals surface area (Å²) >= 11 is 3.04. The first kappa shape index (κ1) is 12.4. The van der Waals surface area contributed by atoms with Crippen molar-refractivity contribution in [1.29, 1.82) is 0 Å². The van der Waals surface area contributed by atoms with E-state index in [1.54, 1.807) is 12.1 Å². The Morgan fingerprint density at radius 1 is 1.33 bits per heavy atom. The number of anilines is 2. The molecule has 0 fully saturated rings. The summed E-state index contributed by atoms with van der Waals surface area (Å²) in [5.41, 5.74) is 0.343. The van der Waals surface area contributed by atoms with E-state index in [2.05, 4.69) is 31.2 Å². The second kappa shape index (κ2) is 5.09. The molecule has 0 aliphatic heterocycles. The highest BCUT2D eigenvalue weighted by Crippen LogP contribution is 2.21. The monoisotopic (exact) mass is 311 g/mol. The van der Waals surface area contributed by atoms with Crippen LogP contribution < -0.4 is 5.32 Å². The molecule has 2 N–H and O–H groups in total. The Hall–Kier alpha value is -2.02. The van der Waals surface area contributed by atoms with Gasteiger partial charge in [0, 0.05) is 5.69 Å². The topological polar surface area (TPSA) is 75.1 Å². The van der Waals surface area contributed by atoms with E-state index in [9.17, 15) is 9.18 Å². The lowest BCUT2D eigenvalue weighted by Gasteiger charge is -2.05. The van der Waals surface area contributed by atoms with Crippen molar-refractivity contribution in [3.05, 3.63) is 46.6 Å². The van der Waals surface area contributed by atoms with Gasteiger partial charge in [0.2, 0.25) is 0 Å². The van der Waals surface area contributed by atoms with Crippen LogP contribution in [-0.4, -0.2) is 21.0 Å². The fourth-order valence-corrected chi connectivity index (χ4v) is 1.47. The van der Waals surface area contributed by atoms with Gasteiger partial charge in [-0.05, 0) is 34.1 Å². The summed E-state index contributed by atoms with van der Waals surface area (Å²) in [5.74, 6) is -1.22. The molecular weight excluding hydrogens is 305 g/mol. The second-order valence-electron chi connectivity index (χ2n) is 3.35. The first-order valence-electron chi connectivity index (χ1n) is 4.83. The molecule has 0 saturated carbocycles. The maximum atomic E-state index is 13.3. The van der Waals surface area contributed by atoms with Crippen molar-refractivity contribution in [3.8, 4) is 0 Å². The summed E-state index contributed by atoms with van der Waals surface area (Å²) in [4.78, 5) is 18.1. The fraction of sp³-hybridized carbons (Fsp3) is 0. The van der Waals surface area contributed by atoms with E-state index in [1.165, 1.54) is 12.3 Å². The van der Waals surface area contributed by atoms with Gasteiger partial charge in [0.15, 0.2) is 5.69 Å². The maximum absolute atomic E-state index is 13.3. The molecule has 92 valence electrons. The van der Waals surface area contributed by atoms with Gasteiger partial charge in [0.25, 0.3) is 0 Å². The van der Waals surface area contributed by atoms with Crippen molar-refractivity contribution in [2.24, 2.45) is 0 Å². The van der Waals surface area contributed by atoms with E-state index in [-0.39, 0.29) is 5.69 Å². The first-order chi connectivity index (χ1) is 8.56. The molecule has 0 aliphatic rings. The van der Waals surface area contributed by atoms with Crippen LogP contribution in [-0.2, 0) is 0 Å². The predicted molar refractivity (Wildman–Crippen MR) is 66.4 cm³/mol. The summed E-state index contributed by atoms with van der Waals surface area (Å²) in [5, 5.41) is 11.5. The molecule has 0 unspecified atom stereocenters. The lowest BCUT2D eigenvalue weighted by atomic mass is 10.3. The number of benzene rings is 1. The molecule has 5 nitrogen and oxygen atoms in total. The molecule has 1 aromatic heterocycles. The number of nitrogens with zero attached hydrogens (tertiary/aromatic N) is 2. The Kier molecular flexibility index (Phi) is 3.52. The standard InChI is InChI=1S/C11H7BrFN3O2/c12-7-2-1-6(3-8(7)13)16-10-5-14-9(4-15-10)11(17)18/h1-5H,(H,15,16)(H,17,18). The molecular formula is C11H7BrFN3O2. The summed E-state index contributed by atoms with van der Waals surface area (Å²) in [6.45, 7) is 0. The zero-order valence-electron chi connectivity index (χ0n) is 8.89. The van der Waals surface area contributed by atoms with Crippen LogP contribution in [0.5, 0.6) is 0 Å². The fourth-order valence-electron chi connectivity index (χ4n) is 1.22. The molecule has 2 rings (SSSR count). The Balaban J connectivity index is 2.18. The molecule has 0 atom stereocenters. The van der Waals surface area contributed by atoms with Gasteiger partial charge >= 0.3 is 5.97 Å². The number of hydrogen-bond acceptors (Lipinski definition) is 4. The van der Waals surface area contributed by atoms with E-state index < -0.39 is 11.8 Å². The van der Waals surface area contributed by atoms with Crippen molar-refractivity contribution in [2.75, 3.05) is 5.32 Å². The molecule has 0 radical (unpaired) electrons. The molecule has 7 heteroatoms. The highest BCUT2D eigenvalue weighted by atomic mass is 79.9. The molecule has 0 bridgehead atoms. The van der Waals surface area contributed by atoms with Gasteiger partial charge in [-0.15, -0.1) is 0 Å². The van der Waals surface area contributed by atoms with Crippen molar-refractivity contribution in [2.45, 2.75) is 0 Å². The van der Waals surface area contributed by atoms with Crippen molar-refractivity contribution in [3.63, 3.8) is 0 Å². The molecule has 1 heterocycles. The van der Waals surface area contributed by atoms with Gasteiger partial charge < -0.3 is 10.4 Å². The number of carboxylic acids is 1. The zero-order valence-corrected chi connectivity index (χ0v) is 10.5. The lowest BCUT2D eigenvalue weighted by molar-refractivity contribution is 0.0690. The third kappa shape index (κ3) is 2.80. The summed E-state index contributed by atoms with van der Waals surface area (Å²) < 4.78 is 13.6. The third-order valence-electron chi connectivity index (χ3n) is 2.06. The van der Waals surface area contributed by atoms with Crippen LogP contribution in [0.3, 0.4) is 0 Å². The number of aromatic carboxylic acids is 1. The normalized spacial score (nSPS) is 10.1. The highest BCUT2D eigenvalue weighted by molar-refractivity contribution is 9.10. The highest BCUT2D eigenvalue weighted by Gasteiger charge is 2.05. The van der Waals surface area contributed by atoms with Crippen LogP contribution in [0.1, 0.15) is 10.5 Å². The van der Waals surface area contributed by atoms with Gasteiger partial charge in [-0.3, -0.25) is 0 Å². The Morgan fingerprint density at radius 2 is 2.11 bits per heavy atom. The first-order valence-corrected chi connectivity index (χ1v) is 5.63. The van der Waals surface area contributed by atoms with Gasteiger partial charge in [0.1, 0.15) is 11.6 Å². The molecule has 2 aromatic rings. The number of aromatic nitrogens is 2. The average Bonchev–Trinajstić information content (AvgIpc) is 2.34. The van der Waals surface area contributed by atoms with Crippen molar-refractivity contribution in [1.82, 2.24) is 9.97 Å². The third-order valence-corrected chi connectivity index (χ3v) is 2.71. The number of halogens is 2. The van der Waals surface area contributed by atoms with E-state index in [0.717, 1.165) is 6.20 Å². The van der Waals surface area contributed by atoms with E-state index >= 15 is 0 Å². The van der Waals surface area contributed by atoms with Gasteiger partial charge in [0.05, 0.1) is 16.9 Å². The van der Waals surface area contributed by atoms with E-state index in [4.69, 9.17) is 5.11 Å². The Morgan fingerprint density at radius 3 is 2.67 bits per heavy atom. The van der Waals surface area contributed by atoms with Gasteiger partial charge in [-0.1, -0.05) is 0 Å². The second-order valence-corrected chi connectivity index (χ2v) is 4.20. The van der Waals surface area contributed by atoms with Crippen LogP contribution in [0.25, 0.3) is 0 Å². The minimum Gasteiger partial charge on any atom is -0.476 e. The summed E-state index contributed by atoms with van der Waals surface area (Å²) in [6.07, 6.45) is 2.39. The number of carbonyl (C=O) groups is 1. The molecule has 0 amide bonds. The number of hydrogen-bond donors (Lipinski definition) is 2. The summed E-state index contributed by atoms with van der Waals surface area (Å²) in [7, 11) is 0. The quantitative estimate of drug-likeness (QED) is 0.911. The van der Waals surface area contributed by atoms with Gasteiger partial charge in [-0.25, -0.2) is 19.2 Å². The maximum Gasteiger partial charge on any atom is 0.356 e. The SMILES string of the molecule is O=C(O)c1cnc(Nc2ccc(Br)c(F)c2)cn1. The smallest absolute Gasteiger partial charge is 0.356 e. The van der Waals surface area contributed by atoms with Crippen LogP contribution in [0, 0.1) is 5.82 Å².